The highest BCUT2D eigenvalue weighted by Crippen LogP contribution is 2.43. The summed E-state index contributed by atoms with van der Waals surface area (Å²) in [5, 5.41) is 15.3. The molecule has 3 N–H and O–H groups in total. The van der Waals surface area contributed by atoms with Crippen LogP contribution >= 0.6 is 11.6 Å². The number of anilines is 1. The molecule has 3 heterocycles. The van der Waals surface area contributed by atoms with Gasteiger partial charge in [0.25, 0.3) is 5.91 Å². The lowest BCUT2D eigenvalue weighted by Gasteiger charge is -2.43. The molecule has 1 unspecified atom stereocenters. The van der Waals surface area contributed by atoms with Crippen LogP contribution in [0.1, 0.15) is 73.4 Å². The molecule has 2 atom stereocenters. The molecule has 1 saturated carbocycles. The maximum absolute atomic E-state index is 15.5. The van der Waals surface area contributed by atoms with Crippen LogP contribution in [0.5, 0.6) is 0 Å². The zero-order chi connectivity index (χ0) is 30.1. The van der Waals surface area contributed by atoms with Gasteiger partial charge < -0.3 is 25.7 Å². The van der Waals surface area contributed by atoms with Gasteiger partial charge in [0, 0.05) is 49.9 Å². The zero-order valence-corrected chi connectivity index (χ0v) is 24.5. The van der Waals surface area contributed by atoms with E-state index >= 15 is 4.39 Å². The summed E-state index contributed by atoms with van der Waals surface area (Å²) in [7, 11) is 0. The number of halogens is 2. The van der Waals surface area contributed by atoms with Gasteiger partial charge in [0.1, 0.15) is 11.5 Å². The van der Waals surface area contributed by atoms with Crippen LogP contribution in [0.2, 0.25) is 5.02 Å². The first-order valence-corrected chi connectivity index (χ1v) is 14.7. The lowest BCUT2D eigenvalue weighted by molar-refractivity contribution is -0.611. The summed E-state index contributed by atoms with van der Waals surface area (Å²) in [6, 6.07) is 8.50. The summed E-state index contributed by atoms with van der Waals surface area (Å²) in [6.07, 6.45) is 6.98. The van der Waals surface area contributed by atoms with Gasteiger partial charge in [-0.2, -0.15) is 4.73 Å². The van der Waals surface area contributed by atoms with Crippen LogP contribution in [0, 0.1) is 29.8 Å². The molecule has 1 aromatic carbocycles. The molecular weight excluding hydrogens is 561 g/mol. The Bertz CT molecular complexity index is 1530. The van der Waals surface area contributed by atoms with Gasteiger partial charge >= 0.3 is 0 Å². The van der Waals surface area contributed by atoms with Crippen LogP contribution in [0.3, 0.4) is 0 Å². The molecule has 1 aliphatic heterocycles. The Morgan fingerprint density at radius 1 is 1.10 bits per heavy atom. The molecule has 5 rings (SSSR count). The first kappa shape index (κ1) is 29.6. The van der Waals surface area contributed by atoms with Crippen LogP contribution in [0.4, 0.5) is 10.1 Å². The van der Waals surface area contributed by atoms with E-state index in [4.69, 9.17) is 17.3 Å². The SMILES string of the molecule is CC(=O)N1CCn2c(C(N)=O)ccc2C1[C@@H](C(=O)Nc1ccc(-c2c(Cl)cc[n+]([O-])c2C)c(F)c1)C1CCCCCC1. The second-order valence-electron chi connectivity index (χ2n) is 11.2. The number of nitrogens with two attached hydrogens (primary N) is 1. The largest absolute Gasteiger partial charge is 0.618 e. The minimum atomic E-state index is -0.644. The monoisotopic (exact) mass is 595 g/mol. The average molecular weight is 596 g/mol. The summed E-state index contributed by atoms with van der Waals surface area (Å²) in [5.74, 6) is -2.38. The predicted octanol–water partition coefficient (Wildman–Crippen LogP) is 5.12. The molecule has 1 fully saturated rings. The number of nitrogens with one attached hydrogen (secondary N) is 1. The quantitative estimate of drug-likeness (QED) is 0.233. The highest BCUT2D eigenvalue weighted by atomic mass is 35.5. The molecule has 0 radical (unpaired) electrons. The van der Waals surface area contributed by atoms with E-state index in [1.54, 1.807) is 30.0 Å². The van der Waals surface area contributed by atoms with Gasteiger partial charge in [0.05, 0.1) is 22.5 Å². The van der Waals surface area contributed by atoms with Crippen LogP contribution in [0.25, 0.3) is 11.1 Å². The van der Waals surface area contributed by atoms with Crippen molar-refractivity contribution in [1.29, 1.82) is 0 Å². The first-order chi connectivity index (χ1) is 20.1. The third kappa shape index (κ3) is 5.60. The fraction of sp³-hybridized carbons (Fsp3) is 0.419. The standard InChI is InChI=1S/C31H35ClFN5O4/c1-18-27(23(32)13-14-38(18)42)22-10-9-21(17-24(22)33)35-31(41)28(20-7-5-3-4-6-8-20)29-25-11-12-26(30(34)40)37(25)16-15-36(29)19(2)39/h9-14,17,20,28-29H,3-8,15-16H2,1-2H3,(H2,34,40)(H,35,41)/t28-,29?/m0/s1. The molecule has 2 aliphatic rings. The smallest absolute Gasteiger partial charge is 0.265 e. The fourth-order valence-corrected chi connectivity index (χ4v) is 6.98. The molecule has 0 bridgehead atoms. The molecule has 0 saturated heterocycles. The van der Waals surface area contributed by atoms with E-state index in [2.05, 4.69) is 5.32 Å². The van der Waals surface area contributed by atoms with Crippen molar-refractivity contribution in [2.75, 3.05) is 11.9 Å². The molecule has 2 aromatic heterocycles. The van der Waals surface area contributed by atoms with E-state index < -0.39 is 23.7 Å². The van der Waals surface area contributed by atoms with Gasteiger partial charge in [-0.15, -0.1) is 0 Å². The van der Waals surface area contributed by atoms with Gasteiger partial charge in [-0.05, 0) is 49.1 Å². The molecule has 11 heteroatoms. The van der Waals surface area contributed by atoms with Crippen molar-refractivity contribution >= 4 is 35.0 Å². The van der Waals surface area contributed by atoms with E-state index in [1.807, 2.05) is 4.57 Å². The van der Waals surface area contributed by atoms with E-state index in [0.29, 0.717) is 29.2 Å². The maximum Gasteiger partial charge on any atom is 0.265 e. The highest BCUT2D eigenvalue weighted by Gasteiger charge is 2.44. The molecule has 42 heavy (non-hydrogen) atoms. The van der Waals surface area contributed by atoms with Gasteiger partial charge in [0.15, 0.2) is 11.9 Å². The number of rotatable bonds is 6. The average Bonchev–Trinajstić information content (AvgIpc) is 3.21. The van der Waals surface area contributed by atoms with Crippen molar-refractivity contribution in [3.63, 3.8) is 0 Å². The zero-order valence-electron chi connectivity index (χ0n) is 23.7. The Morgan fingerprint density at radius 3 is 2.45 bits per heavy atom. The van der Waals surface area contributed by atoms with Gasteiger partial charge in [-0.3, -0.25) is 14.4 Å². The van der Waals surface area contributed by atoms with E-state index in [0.717, 1.165) is 38.5 Å². The number of aromatic nitrogens is 2. The molecular formula is C31H35ClFN5O4. The van der Waals surface area contributed by atoms with E-state index in [9.17, 15) is 19.6 Å². The summed E-state index contributed by atoms with van der Waals surface area (Å²) in [6.45, 7) is 3.77. The normalized spacial score (nSPS) is 18.2. The molecule has 9 nitrogen and oxygen atoms in total. The number of amides is 3. The van der Waals surface area contributed by atoms with Crippen LogP contribution in [0.15, 0.2) is 42.6 Å². The Kier molecular flexibility index (Phi) is 8.54. The minimum Gasteiger partial charge on any atom is -0.618 e. The lowest BCUT2D eigenvalue weighted by atomic mass is 9.78. The van der Waals surface area contributed by atoms with Crippen molar-refractivity contribution < 1.29 is 23.5 Å². The third-order valence-electron chi connectivity index (χ3n) is 8.72. The number of pyridine rings is 1. The Labute approximate surface area is 249 Å². The number of carbonyl (C=O) groups is 3. The fourth-order valence-electron chi connectivity index (χ4n) is 6.69. The number of hydrogen-bond acceptors (Lipinski definition) is 4. The molecule has 1 aliphatic carbocycles. The van der Waals surface area contributed by atoms with E-state index in [-0.39, 0.29) is 45.3 Å². The van der Waals surface area contributed by atoms with Crippen molar-refractivity contribution in [2.24, 2.45) is 17.6 Å². The summed E-state index contributed by atoms with van der Waals surface area (Å²) in [4.78, 5) is 41.0. The summed E-state index contributed by atoms with van der Waals surface area (Å²) >= 11 is 6.31. The van der Waals surface area contributed by atoms with Gasteiger partial charge in [-0.1, -0.05) is 37.3 Å². The topological polar surface area (TPSA) is 124 Å². The number of benzene rings is 1. The highest BCUT2D eigenvalue weighted by molar-refractivity contribution is 6.33. The minimum absolute atomic E-state index is 0.0276. The van der Waals surface area contributed by atoms with Crippen LogP contribution < -0.4 is 15.8 Å². The Balaban J connectivity index is 1.53. The second kappa shape index (κ2) is 12.1. The molecule has 0 spiro atoms. The number of fused-ring (bicyclic) bond motifs is 1. The van der Waals surface area contributed by atoms with Crippen molar-refractivity contribution in [3.8, 4) is 11.1 Å². The summed E-state index contributed by atoms with van der Waals surface area (Å²) in [5.41, 5.74) is 7.60. The van der Waals surface area contributed by atoms with Gasteiger partial charge in [-0.25, -0.2) is 4.39 Å². The second-order valence-corrected chi connectivity index (χ2v) is 11.6. The third-order valence-corrected chi connectivity index (χ3v) is 9.03. The Hall–Kier alpha value is -3.92. The number of primary amides is 1. The Morgan fingerprint density at radius 2 is 1.81 bits per heavy atom. The molecule has 222 valence electrons. The van der Waals surface area contributed by atoms with Crippen LogP contribution in [-0.2, 0) is 16.1 Å². The predicted molar refractivity (Wildman–Crippen MR) is 157 cm³/mol. The number of hydrogen-bond donors (Lipinski definition) is 2. The van der Waals surface area contributed by atoms with Crippen LogP contribution in [-0.4, -0.2) is 33.7 Å². The van der Waals surface area contributed by atoms with Crippen molar-refractivity contribution in [2.45, 2.75) is 65.0 Å². The van der Waals surface area contributed by atoms with Gasteiger partial charge in [0.2, 0.25) is 11.8 Å². The summed E-state index contributed by atoms with van der Waals surface area (Å²) < 4.78 is 17.9. The maximum atomic E-state index is 15.5. The lowest BCUT2D eigenvalue weighted by Crippen LogP contribution is -2.49. The number of carbonyl (C=O) groups excluding carboxylic acids is 3. The van der Waals surface area contributed by atoms with E-state index in [1.165, 1.54) is 31.3 Å². The van der Waals surface area contributed by atoms with Crippen molar-refractivity contribution in [3.05, 3.63) is 75.7 Å². The molecule has 3 aromatic rings. The number of nitrogens with zero attached hydrogens (tertiary/aromatic N) is 3. The first-order valence-electron chi connectivity index (χ1n) is 14.3. The van der Waals surface area contributed by atoms with Crippen molar-refractivity contribution in [1.82, 2.24) is 9.47 Å². The molecule has 3 amide bonds.